The van der Waals surface area contributed by atoms with Crippen molar-refractivity contribution in [1.29, 1.82) is 0 Å². The fraction of sp³-hybridized carbons (Fsp3) is 0.364. The van der Waals surface area contributed by atoms with E-state index in [1.165, 1.54) is 19.4 Å². The first-order chi connectivity index (χ1) is 8.95. The summed E-state index contributed by atoms with van der Waals surface area (Å²) in [6.07, 6.45) is 1.15. The number of amides is 1. The predicted octanol–water partition coefficient (Wildman–Crippen LogP) is 1.18. The summed E-state index contributed by atoms with van der Waals surface area (Å²) < 4.78 is 9.50. The number of carbonyl (C=O) groups excluding carboxylic acids is 2. The van der Waals surface area contributed by atoms with Crippen LogP contribution in [0.25, 0.3) is 0 Å². The van der Waals surface area contributed by atoms with E-state index in [0.29, 0.717) is 0 Å². The monoisotopic (exact) mass is 333 g/mol. The lowest BCUT2D eigenvalue weighted by molar-refractivity contribution is -0.142. The molecule has 1 atom stereocenters. The van der Waals surface area contributed by atoms with E-state index in [9.17, 15) is 14.4 Å². The highest BCUT2D eigenvalue weighted by Crippen LogP contribution is 2.17. The molecule has 104 valence electrons. The van der Waals surface area contributed by atoms with Crippen molar-refractivity contribution in [1.82, 2.24) is 5.32 Å². The molecular weight excluding hydrogens is 322 g/mol. The second-order valence-corrected chi connectivity index (χ2v) is 4.31. The molecule has 0 bridgehead atoms. The quantitative estimate of drug-likeness (QED) is 0.757. The topological polar surface area (TPSA) is 106 Å². The third kappa shape index (κ3) is 4.40. The number of furan rings is 1. The van der Waals surface area contributed by atoms with E-state index in [0.717, 1.165) is 0 Å². The molecule has 0 fully saturated rings. The van der Waals surface area contributed by atoms with E-state index in [4.69, 9.17) is 9.52 Å². The summed E-state index contributed by atoms with van der Waals surface area (Å²) in [6.45, 7) is 0. The third-order valence-electron chi connectivity index (χ3n) is 2.33. The molecule has 1 aromatic heterocycles. The first kappa shape index (κ1) is 15.2. The second-order valence-electron chi connectivity index (χ2n) is 3.59. The molecule has 7 nitrogen and oxygen atoms in total. The number of esters is 1. The average Bonchev–Trinajstić information content (AvgIpc) is 2.79. The molecule has 0 aliphatic rings. The molecule has 1 rings (SSSR count). The Morgan fingerprint density at radius 3 is 2.68 bits per heavy atom. The van der Waals surface area contributed by atoms with Gasteiger partial charge in [-0.25, -0.2) is 4.79 Å². The smallest absolute Gasteiger partial charge is 0.326 e. The zero-order valence-electron chi connectivity index (χ0n) is 10.0. The van der Waals surface area contributed by atoms with Crippen molar-refractivity contribution < 1.29 is 28.6 Å². The molecule has 8 heteroatoms. The van der Waals surface area contributed by atoms with Gasteiger partial charge in [-0.15, -0.1) is 0 Å². The van der Waals surface area contributed by atoms with Gasteiger partial charge in [-0.3, -0.25) is 9.59 Å². The van der Waals surface area contributed by atoms with Crippen molar-refractivity contribution in [2.75, 3.05) is 7.11 Å². The first-order valence-electron chi connectivity index (χ1n) is 5.29. The van der Waals surface area contributed by atoms with Gasteiger partial charge in [-0.2, -0.15) is 0 Å². The van der Waals surface area contributed by atoms with E-state index in [1.807, 2.05) is 0 Å². The van der Waals surface area contributed by atoms with Crippen LogP contribution in [-0.4, -0.2) is 36.1 Å². The predicted molar refractivity (Wildman–Crippen MR) is 66.5 cm³/mol. The Hall–Kier alpha value is -1.83. The normalized spacial score (nSPS) is 11.7. The summed E-state index contributed by atoms with van der Waals surface area (Å²) >= 11 is 3.02. The van der Waals surface area contributed by atoms with Gasteiger partial charge in [-0.05, 0) is 28.4 Å². The first-order valence-corrected chi connectivity index (χ1v) is 6.08. The summed E-state index contributed by atoms with van der Waals surface area (Å²) in [6, 6.07) is 0.229. The molecule has 2 N–H and O–H groups in total. The van der Waals surface area contributed by atoms with Crippen molar-refractivity contribution in [2.24, 2.45) is 0 Å². The van der Waals surface area contributed by atoms with E-state index in [-0.39, 0.29) is 23.1 Å². The Labute approximate surface area is 117 Å². The number of carbonyl (C=O) groups is 3. The molecule has 0 unspecified atom stereocenters. The Kier molecular flexibility index (Phi) is 5.56. The van der Waals surface area contributed by atoms with Crippen LogP contribution in [0, 0.1) is 0 Å². The van der Waals surface area contributed by atoms with Gasteiger partial charge in [0.25, 0.3) is 5.91 Å². The van der Waals surface area contributed by atoms with Crippen molar-refractivity contribution in [3.63, 3.8) is 0 Å². The van der Waals surface area contributed by atoms with Crippen molar-refractivity contribution in [2.45, 2.75) is 18.9 Å². The molecule has 0 radical (unpaired) electrons. The number of ether oxygens (including phenoxy) is 1. The van der Waals surface area contributed by atoms with Crippen LogP contribution in [0.1, 0.15) is 23.2 Å². The molecule has 0 saturated carbocycles. The molecule has 1 aromatic rings. The highest BCUT2D eigenvalue weighted by molar-refractivity contribution is 9.10. The Balaban J connectivity index is 2.64. The van der Waals surface area contributed by atoms with E-state index in [2.05, 4.69) is 26.0 Å². The maximum absolute atomic E-state index is 11.8. The maximum Gasteiger partial charge on any atom is 0.326 e. The van der Waals surface area contributed by atoms with E-state index in [1.54, 1.807) is 0 Å². The van der Waals surface area contributed by atoms with Gasteiger partial charge in [0.1, 0.15) is 6.04 Å². The van der Waals surface area contributed by atoms with Gasteiger partial charge in [0.15, 0.2) is 4.67 Å². The van der Waals surface area contributed by atoms with Crippen LogP contribution < -0.4 is 5.32 Å². The molecule has 1 heterocycles. The number of carboxylic acid groups (broad SMARTS) is 1. The molecule has 19 heavy (non-hydrogen) atoms. The van der Waals surface area contributed by atoms with Crippen LogP contribution in [0.15, 0.2) is 21.4 Å². The standard InChI is InChI=1S/C11H12BrNO6/c1-18-8(14)3-2-7(11(16)17)13-10(15)6-4-5-19-9(6)12/h4-5,7H,2-3H2,1H3,(H,13,15)(H,16,17)/t7-/m0/s1. The Morgan fingerprint density at radius 2 is 2.21 bits per heavy atom. The summed E-state index contributed by atoms with van der Waals surface area (Å²) in [5, 5.41) is 11.3. The third-order valence-corrected chi connectivity index (χ3v) is 2.94. The number of rotatable bonds is 6. The number of methoxy groups -OCH3 is 1. The SMILES string of the molecule is COC(=O)CC[C@H](NC(=O)c1ccoc1Br)C(=O)O. The number of halogens is 1. The van der Waals surface area contributed by atoms with Gasteiger partial charge >= 0.3 is 11.9 Å². The lowest BCUT2D eigenvalue weighted by Crippen LogP contribution is -2.41. The lowest BCUT2D eigenvalue weighted by Gasteiger charge is -2.13. The zero-order valence-corrected chi connectivity index (χ0v) is 11.6. The average molecular weight is 334 g/mol. The van der Waals surface area contributed by atoms with E-state index >= 15 is 0 Å². The molecule has 0 spiro atoms. The van der Waals surface area contributed by atoms with Gasteiger partial charge < -0.3 is 19.6 Å². The fourth-order valence-corrected chi connectivity index (χ4v) is 1.73. The van der Waals surface area contributed by atoms with Crippen molar-refractivity contribution in [3.8, 4) is 0 Å². The van der Waals surface area contributed by atoms with Gasteiger partial charge in [0.2, 0.25) is 0 Å². The number of aliphatic carboxylic acids is 1. The Bertz CT molecular complexity index is 483. The highest BCUT2D eigenvalue weighted by Gasteiger charge is 2.23. The maximum atomic E-state index is 11.8. The molecule has 0 aliphatic heterocycles. The second kappa shape index (κ2) is 6.93. The van der Waals surface area contributed by atoms with Crippen LogP contribution in [0.3, 0.4) is 0 Å². The summed E-state index contributed by atoms with van der Waals surface area (Å²) in [5.41, 5.74) is 0.185. The highest BCUT2D eigenvalue weighted by atomic mass is 79.9. The largest absolute Gasteiger partial charge is 0.480 e. The number of carboxylic acids is 1. The molecule has 1 amide bonds. The van der Waals surface area contributed by atoms with Crippen molar-refractivity contribution >= 4 is 33.8 Å². The van der Waals surface area contributed by atoms with Crippen LogP contribution in [-0.2, 0) is 14.3 Å². The molecule has 0 aliphatic carbocycles. The molecule has 0 aromatic carbocycles. The minimum absolute atomic E-state index is 0.0524. The van der Waals surface area contributed by atoms with Gasteiger partial charge in [0.05, 0.1) is 18.9 Å². The van der Waals surface area contributed by atoms with Gasteiger partial charge in [0, 0.05) is 6.42 Å². The summed E-state index contributed by atoms with van der Waals surface area (Å²) in [7, 11) is 1.21. The zero-order chi connectivity index (χ0) is 14.4. The van der Waals surface area contributed by atoms with Crippen LogP contribution in [0.2, 0.25) is 0 Å². The van der Waals surface area contributed by atoms with Crippen LogP contribution in [0.4, 0.5) is 0 Å². The van der Waals surface area contributed by atoms with Gasteiger partial charge in [-0.1, -0.05) is 0 Å². The van der Waals surface area contributed by atoms with Crippen LogP contribution >= 0.6 is 15.9 Å². The molecule has 0 saturated heterocycles. The van der Waals surface area contributed by atoms with Crippen molar-refractivity contribution in [3.05, 3.63) is 22.6 Å². The van der Waals surface area contributed by atoms with E-state index < -0.39 is 23.9 Å². The fourth-order valence-electron chi connectivity index (χ4n) is 1.31. The minimum atomic E-state index is -1.23. The number of nitrogens with one attached hydrogen (secondary N) is 1. The van der Waals surface area contributed by atoms with Crippen LogP contribution in [0.5, 0.6) is 0 Å². The summed E-state index contributed by atoms with van der Waals surface area (Å²) in [5.74, 6) is -2.36. The lowest BCUT2D eigenvalue weighted by atomic mass is 10.1. The molecular formula is C11H12BrNO6. The minimum Gasteiger partial charge on any atom is -0.480 e. The Morgan fingerprint density at radius 1 is 1.53 bits per heavy atom. The number of hydrogen-bond donors (Lipinski definition) is 2. The summed E-state index contributed by atoms with van der Waals surface area (Å²) in [4.78, 5) is 33.7. The number of hydrogen-bond acceptors (Lipinski definition) is 5.